The van der Waals surface area contributed by atoms with Gasteiger partial charge in [-0.1, -0.05) is 37.3 Å². The SMILES string of the molecule is CN=C(NCc1nc(C)c(C)s1)NCC(C)c1ccccc1. The first-order valence-corrected chi connectivity index (χ1v) is 8.34. The molecule has 22 heavy (non-hydrogen) atoms. The van der Waals surface area contributed by atoms with Crippen molar-refractivity contribution in [3.05, 3.63) is 51.5 Å². The van der Waals surface area contributed by atoms with Crippen LogP contribution in [0, 0.1) is 13.8 Å². The van der Waals surface area contributed by atoms with Crippen molar-refractivity contribution >= 4 is 17.3 Å². The first-order valence-electron chi connectivity index (χ1n) is 7.52. The number of thiazole rings is 1. The van der Waals surface area contributed by atoms with Crippen molar-refractivity contribution in [1.29, 1.82) is 0 Å². The average molecular weight is 316 g/mol. The fourth-order valence-corrected chi connectivity index (χ4v) is 3.02. The number of nitrogens with zero attached hydrogens (tertiary/aromatic N) is 2. The molecule has 0 saturated carbocycles. The predicted molar refractivity (Wildman–Crippen MR) is 94.6 cm³/mol. The molecule has 0 aliphatic rings. The number of aliphatic imine (C=N–C) groups is 1. The van der Waals surface area contributed by atoms with Gasteiger partial charge in [0.25, 0.3) is 0 Å². The van der Waals surface area contributed by atoms with E-state index in [1.54, 1.807) is 18.4 Å². The molecule has 2 aromatic rings. The average Bonchev–Trinajstić information content (AvgIpc) is 2.86. The summed E-state index contributed by atoms with van der Waals surface area (Å²) in [6, 6.07) is 10.5. The zero-order chi connectivity index (χ0) is 15.9. The molecule has 2 rings (SSSR count). The highest BCUT2D eigenvalue weighted by atomic mass is 32.1. The van der Waals surface area contributed by atoms with Crippen molar-refractivity contribution in [2.24, 2.45) is 4.99 Å². The number of hydrogen-bond donors (Lipinski definition) is 2. The molecule has 1 unspecified atom stereocenters. The number of hydrogen-bond acceptors (Lipinski definition) is 3. The van der Waals surface area contributed by atoms with Crippen molar-refractivity contribution < 1.29 is 0 Å². The molecule has 1 atom stereocenters. The maximum atomic E-state index is 4.53. The van der Waals surface area contributed by atoms with E-state index in [0.717, 1.165) is 23.2 Å². The predicted octanol–water partition coefficient (Wildman–Crippen LogP) is 3.23. The summed E-state index contributed by atoms with van der Waals surface area (Å²) in [5, 5.41) is 7.79. The number of rotatable bonds is 5. The molecule has 5 heteroatoms. The summed E-state index contributed by atoms with van der Waals surface area (Å²) in [6.45, 7) is 7.91. The molecule has 0 amide bonds. The normalized spacial score (nSPS) is 13.0. The van der Waals surface area contributed by atoms with Gasteiger partial charge in [-0.25, -0.2) is 4.98 Å². The highest BCUT2D eigenvalue weighted by Gasteiger charge is 2.07. The van der Waals surface area contributed by atoms with Gasteiger partial charge in [0.05, 0.1) is 12.2 Å². The van der Waals surface area contributed by atoms with Crippen molar-refractivity contribution in [3.8, 4) is 0 Å². The standard InChI is InChI=1S/C17H24N4S/c1-12(15-8-6-5-7-9-15)10-19-17(18-4)20-11-16-21-13(2)14(3)22-16/h5-9,12H,10-11H2,1-4H3,(H2,18,19,20). The van der Waals surface area contributed by atoms with E-state index in [-0.39, 0.29) is 0 Å². The molecule has 0 radical (unpaired) electrons. The second-order valence-corrected chi connectivity index (χ2v) is 6.66. The van der Waals surface area contributed by atoms with Crippen molar-refractivity contribution in [3.63, 3.8) is 0 Å². The molecule has 4 nitrogen and oxygen atoms in total. The third-order valence-corrected chi connectivity index (χ3v) is 4.72. The minimum Gasteiger partial charge on any atom is -0.356 e. The Morgan fingerprint density at radius 2 is 1.95 bits per heavy atom. The summed E-state index contributed by atoms with van der Waals surface area (Å²) in [4.78, 5) is 10.1. The molecule has 1 aromatic heterocycles. The van der Waals surface area contributed by atoms with Gasteiger partial charge in [0, 0.05) is 18.5 Å². The van der Waals surface area contributed by atoms with Crippen LogP contribution < -0.4 is 10.6 Å². The van der Waals surface area contributed by atoms with Gasteiger partial charge in [-0.15, -0.1) is 11.3 Å². The molecule has 0 aliphatic heterocycles. The fraction of sp³-hybridized carbons (Fsp3) is 0.412. The zero-order valence-electron chi connectivity index (χ0n) is 13.7. The summed E-state index contributed by atoms with van der Waals surface area (Å²) in [5.41, 5.74) is 2.44. The van der Waals surface area contributed by atoms with Crippen molar-refractivity contribution in [1.82, 2.24) is 15.6 Å². The fourth-order valence-electron chi connectivity index (χ4n) is 2.14. The molecule has 0 spiro atoms. The lowest BCUT2D eigenvalue weighted by Gasteiger charge is -2.16. The lowest BCUT2D eigenvalue weighted by molar-refractivity contribution is 0.698. The molecule has 1 aromatic carbocycles. The number of guanidine groups is 1. The Balaban J connectivity index is 1.82. The first kappa shape index (κ1) is 16.5. The van der Waals surface area contributed by atoms with E-state index in [0.29, 0.717) is 12.5 Å². The number of benzene rings is 1. The maximum Gasteiger partial charge on any atom is 0.191 e. The molecule has 0 fully saturated rings. The van der Waals surface area contributed by atoms with Crippen LogP contribution in [0.15, 0.2) is 35.3 Å². The summed E-state index contributed by atoms with van der Waals surface area (Å²) in [7, 11) is 1.79. The van der Waals surface area contributed by atoms with E-state index in [4.69, 9.17) is 0 Å². The number of aryl methyl sites for hydroxylation is 2. The van der Waals surface area contributed by atoms with Crippen LogP contribution in [0.1, 0.15) is 34.0 Å². The van der Waals surface area contributed by atoms with Crippen molar-refractivity contribution in [2.45, 2.75) is 33.2 Å². The van der Waals surface area contributed by atoms with Crippen LogP contribution in [-0.4, -0.2) is 24.5 Å². The molecular weight excluding hydrogens is 292 g/mol. The molecule has 1 heterocycles. The quantitative estimate of drug-likeness (QED) is 0.658. The molecule has 0 saturated heterocycles. The first-order chi connectivity index (χ1) is 10.6. The van der Waals surface area contributed by atoms with Crippen LogP contribution in [0.2, 0.25) is 0 Å². The lowest BCUT2D eigenvalue weighted by Crippen LogP contribution is -2.38. The lowest BCUT2D eigenvalue weighted by atomic mass is 10.0. The Hall–Kier alpha value is -1.88. The maximum absolute atomic E-state index is 4.53. The third-order valence-electron chi connectivity index (χ3n) is 3.65. The van der Waals surface area contributed by atoms with Gasteiger partial charge in [0.15, 0.2) is 5.96 Å². The third kappa shape index (κ3) is 4.56. The van der Waals surface area contributed by atoms with Crippen molar-refractivity contribution in [2.75, 3.05) is 13.6 Å². The Kier molecular flexibility index (Phi) is 5.95. The number of nitrogens with one attached hydrogen (secondary N) is 2. The number of aromatic nitrogens is 1. The van der Waals surface area contributed by atoms with Crippen LogP contribution in [0.3, 0.4) is 0 Å². The van der Waals surface area contributed by atoms with Gasteiger partial charge in [0.2, 0.25) is 0 Å². The Morgan fingerprint density at radius 1 is 1.23 bits per heavy atom. The summed E-state index contributed by atoms with van der Waals surface area (Å²) >= 11 is 1.73. The molecule has 0 bridgehead atoms. The van der Waals surface area contributed by atoms with Gasteiger partial charge in [-0.2, -0.15) is 0 Å². The zero-order valence-corrected chi connectivity index (χ0v) is 14.5. The smallest absolute Gasteiger partial charge is 0.191 e. The minimum absolute atomic E-state index is 0.434. The molecular formula is C17H24N4S. The van der Waals surface area contributed by atoms with Crippen LogP contribution >= 0.6 is 11.3 Å². The Bertz CT molecular complexity index is 599. The summed E-state index contributed by atoms with van der Waals surface area (Å²) < 4.78 is 0. The van der Waals surface area contributed by atoms with Gasteiger partial charge in [0.1, 0.15) is 5.01 Å². The van der Waals surface area contributed by atoms with Gasteiger partial charge in [-0.05, 0) is 25.3 Å². The minimum atomic E-state index is 0.434. The summed E-state index contributed by atoms with van der Waals surface area (Å²) in [6.07, 6.45) is 0. The van der Waals surface area contributed by atoms with E-state index in [1.165, 1.54) is 10.4 Å². The van der Waals surface area contributed by atoms with E-state index in [2.05, 4.69) is 58.7 Å². The highest BCUT2D eigenvalue weighted by Crippen LogP contribution is 2.16. The van der Waals surface area contributed by atoms with Crippen LogP contribution in [-0.2, 0) is 6.54 Å². The van der Waals surface area contributed by atoms with E-state index < -0.39 is 0 Å². The molecule has 0 aliphatic carbocycles. The van der Waals surface area contributed by atoms with E-state index in [9.17, 15) is 0 Å². The van der Waals surface area contributed by atoms with Gasteiger partial charge in [-0.3, -0.25) is 4.99 Å². The monoisotopic (exact) mass is 316 g/mol. The van der Waals surface area contributed by atoms with Gasteiger partial charge >= 0.3 is 0 Å². The van der Waals surface area contributed by atoms with Gasteiger partial charge < -0.3 is 10.6 Å². The van der Waals surface area contributed by atoms with E-state index in [1.807, 2.05) is 13.0 Å². The topological polar surface area (TPSA) is 49.3 Å². The van der Waals surface area contributed by atoms with Crippen LogP contribution in [0.25, 0.3) is 0 Å². The largest absolute Gasteiger partial charge is 0.356 e. The Morgan fingerprint density at radius 3 is 2.55 bits per heavy atom. The highest BCUT2D eigenvalue weighted by molar-refractivity contribution is 7.11. The van der Waals surface area contributed by atoms with Crippen LogP contribution in [0.4, 0.5) is 0 Å². The van der Waals surface area contributed by atoms with E-state index >= 15 is 0 Å². The second kappa shape index (κ2) is 7.94. The molecule has 118 valence electrons. The molecule has 2 N–H and O–H groups in total. The Labute approximate surface area is 136 Å². The summed E-state index contributed by atoms with van der Waals surface area (Å²) in [5.74, 6) is 1.25. The second-order valence-electron chi connectivity index (χ2n) is 5.37. The van der Waals surface area contributed by atoms with Crippen LogP contribution in [0.5, 0.6) is 0 Å².